The molecular formula is C36H37ClN2O6. The number of methoxy groups -OCH3 is 2. The minimum absolute atomic E-state index is 0.226. The Hall–Kier alpha value is -4.82. The molecule has 0 bridgehead atoms. The zero-order valence-corrected chi connectivity index (χ0v) is 26.1. The van der Waals surface area contributed by atoms with E-state index >= 15 is 0 Å². The van der Waals surface area contributed by atoms with Crippen LogP contribution in [-0.2, 0) is 25.5 Å². The van der Waals surface area contributed by atoms with Gasteiger partial charge in [-0.3, -0.25) is 9.59 Å². The molecule has 1 unspecified atom stereocenters. The molecule has 45 heavy (non-hydrogen) atoms. The number of rotatable bonds is 15. The van der Waals surface area contributed by atoms with Gasteiger partial charge >= 0.3 is 11.9 Å². The molecule has 1 atom stereocenters. The van der Waals surface area contributed by atoms with Gasteiger partial charge in [0.15, 0.2) is 0 Å². The van der Waals surface area contributed by atoms with Gasteiger partial charge in [-0.1, -0.05) is 72.6 Å². The van der Waals surface area contributed by atoms with Crippen LogP contribution in [0.2, 0.25) is 5.02 Å². The van der Waals surface area contributed by atoms with E-state index in [1.807, 2.05) is 78.9 Å². The normalized spacial score (nSPS) is 11.3. The fourth-order valence-corrected chi connectivity index (χ4v) is 4.91. The Balaban J connectivity index is 1.37. The maximum atomic E-state index is 13.4. The molecule has 2 N–H and O–H groups in total. The Morgan fingerprint density at radius 2 is 1.42 bits per heavy atom. The van der Waals surface area contributed by atoms with Gasteiger partial charge in [-0.15, -0.1) is 0 Å². The van der Waals surface area contributed by atoms with Crippen LogP contribution in [0.1, 0.15) is 41.6 Å². The van der Waals surface area contributed by atoms with E-state index in [1.165, 1.54) is 14.2 Å². The maximum absolute atomic E-state index is 13.4. The standard InChI is InChI=1S/C36H37ClN2O6/c1-43-34(40)11-7-4-8-22-38-32-21-18-28(37)24-31(32)35(41)39-33(36(42)44-2)23-25-12-14-26(15-13-25)27-16-19-30(20-17-27)45-29-9-5-3-6-10-29/h3,5-6,9-10,12-21,24,33,38H,4,7-8,11,22-23H2,1-2H3,(H,39,41). The van der Waals surface area contributed by atoms with Crippen LogP contribution in [0.4, 0.5) is 5.69 Å². The predicted molar refractivity (Wildman–Crippen MR) is 176 cm³/mol. The summed E-state index contributed by atoms with van der Waals surface area (Å²) in [5.41, 5.74) is 3.79. The van der Waals surface area contributed by atoms with Crippen molar-refractivity contribution in [3.8, 4) is 22.6 Å². The Bertz CT molecular complexity index is 1560. The molecule has 0 fully saturated rings. The largest absolute Gasteiger partial charge is 0.469 e. The minimum atomic E-state index is -0.909. The van der Waals surface area contributed by atoms with Crippen molar-refractivity contribution in [2.75, 3.05) is 26.1 Å². The summed E-state index contributed by atoms with van der Waals surface area (Å²) < 4.78 is 15.6. The first-order valence-electron chi connectivity index (χ1n) is 14.8. The number of para-hydroxylation sites is 1. The number of hydrogen-bond donors (Lipinski definition) is 2. The number of carbonyl (C=O) groups is 3. The monoisotopic (exact) mass is 628 g/mol. The summed E-state index contributed by atoms with van der Waals surface area (Å²) in [6.45, 7) is 0.596. The van der Waals surface area contributed by atoms with E-state index in [9.17, 15) is 14.4 Å². The van der Waals surface area contributed by atoms with Crippen molar-refractivity contribution in [3.63, 3.8) is 0 Å². The zero-order valence-electron chi connectivity index (χ0n) is 25.4. The first-order valence-corrected chi connectivity index (χ1v) is 15.2. The number of nitrogens with one attached hydrogen (secondary N) is 2. The molecule has 0 aliphatic carbocycles. The number of ether oxygens (including phenoxy) is 3. The molecule has 4 aromatic carbocycles. The lowest BCUT2D eigenvalue weighted by Gasteiger charge is -2.19. The van der Waals surface area contributed by atoms with Gasteiger partial charge in [0.25, 0.3) is 5.91 Å². The Morgan fingerprint density at radius 3 is 2.09 bits per heavy atom. The molecule has 0 spiro atoms. The number of amides is 1. The number of unbranched alkanes of at least 4 members (excludes halogenated alkanes) is 2. The van der Waals surface area contributed by atoms with Crippen LogP contribution in [0, 0.1) is 0 Å². The van der Waals surface area contributed by atoms with Crippen molar-refractivity contribution >= 4 is 35.1 Å². The van der Waals surface area contributed by atoms with Gasteiger partial charge < -0.3 is 24.8 Å². The van der Waals surface area contributed by atoms with Crippen LogP contribution in [0.25, 0.3) is 11.1 Å². The zero-order chi connectivity index (χ0) is 32.0. The highest BCUT2D eigenvalue weighted by atomic mass is 35.5. The third-order valence-corrected chi connectivity index (χ3v) is 7.41. The number of halogens is 1. The smallest absolute Gasteiger partial charge is 0.328 e. The number of esters is 2. The van der Waals surface area contributed by atoms with Gasteiger partial charge in [0.05, 0.1) is 19.8 Å². The molecule has 0 saturated carbocycles. The van der Waals surface area contributed by atoms with Crippen molar-refractivity contribution in [1.29, 1.82) is 0 Å². The average molecular weight is 629 g/mol. The first-order chi connectivity index (χ1) is 21.9. The number of anilines is 1. The molecule has 4 aromatic rings. The quantitative estimate of drug-likeness (QED) is 0.104. The molecule has 8 nitrogen and oxygen atoms in total. The van der Waals surface area contributed by atoms with Crippen LogP contribution in [-0.4, -0.2) is 44.7 Å². The predicted octanol–water partition coefficient (Wildman–Crippen LogP) is 7.46. The second-order valence-electron chi connectivity index (χ2n) is 10.4. The second kappa shape index (κ2) is 16.9. The summed E-state index contributed by atoms with van der Waals surface area (Å²) >= 11 is 6.22. The number of hydrogen-bond acceptors (Lipinski definition) is 7. The molecule has 0 aromatic heterocycles. The number of benzene rings is 4. The van der Waals surface area contributed by atoms with Crippen LogP contribution in [0.3, 0.4) is 0 Å². The van der Waals surface area contributed by atoms with Crippen molar-refractivity contribution in [3.05, 3.63) is 113 Å². The summed E-state index contributed by atoms with van der Waals surface area (Å²) in [5, 5.41) is 6.49. The van der Waals surface area contributed by atoms with Crippen molar-refractivity contribution in [1.82, 2.24) is 5.32 Å². The lowest BCUT2D eigenvalue weighted by atomic mass is 10.00. The molecular weight excluding hydrogens is 592 g/mol. The van der Waals surface area contributed by atoms with Crippen LogP contribution in [0.5, 0.6) is 11.5 Å². The lowest BCUT2D eigenvalue weighted by molar-refractivity contribution is -0.143. The van der Waals surface area contributed by atoms with E-state index in [4.69, 9.17) is 21.1 Å². The average Bonchev–Trinajstić information content (AvgIpc) is 3.07. The highest BCUT2D eigenvalue weighted by Crippen LogP contribution is 2.26. The highest BCUT2D eigenvalue weighted by molar-refractivity contribution is 6.31. The van der Waals surface area contributed by atoms with Crippen LogP contribution < -0.4 is 15.4 Å². The topological polar surface area (TPSA) is 103 Å². The Labute approximate surface area is 268 Å². The fraction of sp³-hybridized carbons (Fsp3) is 0.250. The molecule has 0 radical (unpaired) electrons. The van der Waals surface area contributed by atoms with Crippen LogP contribution >= 0.6 is 11.6 Å². The summed E-state index contributed by atoms with van der Waals surface area (Å²) in [5.74, 6) is 0.288. The summed E-state index contributed by atoms with van der Waals surface area (Å²) in [7, 11) is 2.67. The van der Waals surface area contributed by atoms with Crippen molar-refractivity contribution in [2.24, 2.45) is 0 Å². The van der Waals surface area contributed by atoms with Gasteiger partial charge in [0.1, 0.15) is 17.5 Å². The molecule has 1 amide bonds. The molecule has 234 valence electrons. The van der Waals surface area contributed by atoms with Crippen molar-refractivity contribution in [2.45, 2.75) is 38.1 Å². The maximum Gasteiger partial charge on any atom is 0.328 e. The van der Waals surface area contributed by atoms with E-state index < -0.39 is 17.9 Å². The van der Waals surface area contributed by atoms with E-state index in [-0.39, 0.29) is 12.4 Å². The molecule has 4 rings (SSSR count). The third-order valence-electron chi connectivity index (χ3n) is 7.18. The summed E-state index contributed by atoms with van der Waals surface area (Å²) in [6.07, 6.45) is 2.97. The number of carbonyl (C=O) groups excluding carboxylic acids is 3. The van der Waals surface area contributed by atoms with Crippen LogP contribution in [0.15, 0.2) is 97.1 Å². The molecule has 0 heterocycles. The van der Waals surface area contributed by atoms with Crippen molar-refractivity contribution < 1.29 is 28.6 Å². The second-order valence-corrected chi connectivity index (χ2v) is 10.8. The van der Waals surface area contributed by atoms with E-state index in [0.29, 0.717) is 29.2 Å². The van der Waals surface area contributed by atoms with E-state index in [1.54, 1.807) is 18.2 Å². The van der Waals surface area contributed by atoms with Gasteiger partial charge in [0.2, 0.25) is 0 Å². The highest BCUT2D eigenvalue weighted by Gasteiger charge is 2.24. The van der Waals surface area contributed by atoms with Gasteiger partial charge in [-0.2, -0.15) is 0 Å². The third kappa shape index (κ3) is 10.1. The molecule has 0 saturated heterocycles. The fourth-order valence-electron chi connectivity index (χ4n) is 4.74. The SMILES string of the molecule is COC(=O)CCCCCNc1ccc(Cl)cc1C(=O)NC(Cc1ccc(-c2ccc(Oc3ccccc3)cc2)cc1)C(=O)OC. The van der Waals surface area contributed by atoms with E-state index in [0.717, 1.165) is 47.5 Å². The van der Waals surface area contributed by atoms with E-state index in [2.05, 4.69) is 15.4 Å². The molecule has 0 aliphatic rings. The Morgan fingerprint density at radius 1 is 0.756 bits per heavy atom. The molecule has 0 aliphatic heterocycles. The van der Waals surface area contributed by atoms with Gasteiger partial charge in [-0.25, -0.2) is 4.79 Å². The lowest BCUT2D eigenvalue weighted by Crippen LogP contribution is -2.43. The first kappa shape index (κ1) is 33.1. The minimum Gasteiger partial charge on any atom is -0.469 e. The summed E-state index contributed by atoms with van der Waals surface area (Å²) in [6, 6.07) is 29.3. The summed E-state index contributed by atoms with van der Waals surface area (Å²) in [4.78, 5) is 37.4. The van der Waals surface area contributed by atoms with Gasteiger partial charge in [0, 0.05) is 30.1 Å². The molecule has 9 heteroatoms. The van der Waals surface area contributed by atoms with Gasteiger partial charge in [-0.05, 0) is 72.0 Å². The Kier molecular flexibility index (Phi) is 12.4.